The fraction of sp³-hybridized carbons (Fsp3) is 0.273. The maximum Gasteiger partial charge on any atom is 0.547 e. The Morgan fingerprint density at radius 2 is 1.86 bits per heavy atom. The van der Waals surface area contributed by atoms with Crippen molar-refractivity contribution in [1.29, 1.82) is 0 Å². The first-order valence-corrected chi connectivity index (χ1v) is 10.8. The molecular formula is C22H20BF2N3O8. The van der Waals surface area contributed by atoms with Gasteiger partial charge in [0.15, 0.2) is 0 Å². The first kappa shape index (κ1) is 24.9. The lowest BCUT2D eigenvalue weighted by molar-refractivity contribution is -0.127. The highest BCUT2D eigenvalue weighted by Gasteiger charge is 2.45. The highest BCUT2D eigenvalue weighted by atomic mass is 19.1. The van der Waals surface area contributed by atoms with E-state index in [1.165, 1.54) is 18.2 Å². The standard InChI is InChI=1S/C22H20BF2N3O8/c1-10(29)27-5-6-28(22(27)34)18(17-14(24)8-12(30)9-15(17)25)20(31)26-16-7-11-3-2-4-13(21(32)33)19(11)36-23(16)35/h2-4,8-9,16,18,30,35H,5-7H2,1H3,(H,26,31)(H,32,33)/t16-,18?/m0/s1. The molecule has 14 heteroatoms. The van der Waals surface area contributed by atoms with Crippen molar-refractivity contribution in [2.24, 2.45) is 0 Å². The lowest BCUT2D eigenvalue weighted by Crippen LogP contribution is -2.56. The number of imide groups is 1. The van der Waals surface area contributed by atoms with E-state index >= 15 is 0 Å². The summed E-state index contributed by atoms with van der Waals surface area (Å²) in [6.07, 6.45) is -0.0931. The van der Waals surface area contributed by atoms with E-state index in [1.54, 1.807) is 0 Å². The normalized spacial score (nSPS) is 17.9. The fourth-order valence-corrected chi connectivity index (χ4v) is 4.32. The smallest absolute Gasteiger partial charge is 0.534 e. The van der Waals surface area contributed by atoms with E-state index in [0.717, 1.165) is 16.7 Å². The zero-order valence-corrected chi connectivity index (χ0v) is 18.8. The molecule has 4 N–H and O–H groups in total. The number of aromatic hydroxyl groups is 1. The summed E-state index contributed by atoms with van der Waals surface area (Å²) in [4.78, 5) is 51.0. The van der Waals surface area contributed by atoms with E-state index in [4.69, 9.17) is 4.65 Å². The first-order valence-electron chi connectivity index (χ1n) is 10.8. The van der Waals surface area contributed by atoms with Crippen LogP contribution in [0.3, 0.4) is 0 Å². The van der Waals surface area contributed by atoms with Gasteiger partial charge in [0, 0.05) is 32.1 Å². The van der Waals surface area contributed by atoms with Gasteiger partial charge in [0.25, 0.3) is 0 Å². The molecule has 2 atom stereocenters. The van der Waals surface area contributed by atoms with E-state index in [2.05, 4.69) is 5.32 Å². The molecule has 4 amide bonds. The van der Waals surface area contributed by atoms with Gasteiger partial charge < -0.3 is 30.1 Å². The SMILES string of the molecule is CC(=O)N1CCN(C(C(=O)N[C@H]2Cc3cccc(C(=O)O)c3OB2O)c2c(F)cc(O)cc2F)C1=O. The van der Waals surface area contributed by atoms with Crippen molar-refractivity contribution >= 4 is 30.9 Å². The number of rotatable bonds is 5. The molecule has 0 aliphatic carbocycles. The number of nitrogens with one attached hydrogen (secondary N) is 1. The minimum Gasteiger partial charge on any atom is -0.534 e. The van der Waals surface area contributed by atoms with Gasteiger partial charge in [0.1, 0.15) is 29.2 Å². The number of carbonyl (C=O) groups is 4. The van der Waals surface area contributed by atoms with Crippen LogP contribution in [0.4, 0.5) is 13.6 Å². The van der Waals surface area contributed by atoms with Gasteiger partial charge >= 0.3 is 19.1 Å². The molecule has 1 fully saturated rings. The number of carboxylic acid groups (broad SMARTS) is 1. The third-order valence-electron chi connectivity index (χ3n) is 6.00. The zero-order chi connectivity index (χ0) is 26.3. The number of para-hydroxylation sites is 1. The zero-order valence-electron chi connectivity index (χ0n) is 18.8. The highest BCUT2D eigenvalue weighted by Crippen LogP contribution is 2.34. The Labute approximate surface area is 203 Å². The fourth-order valence-electron chi connectivity index (χ4n) is 4.32. The molecule has 11 nitrogen and oxygen atoms in total. The molecule has 0 radical (unpaired) electrons. The van der Waals surface area contributed by atoms with Crippen molar-refractivity contribution < 1.29 is 47.9 Å². The topological polar surface area (TPSA) is 157 Å². The molecule has 188 valence electrons. The summed E-state index contributed by atoms with van der Waals surface area (Å²) in [5.74, 6) is -7.63. The van der Waals surface area contributed by atoms with Crippen LogP contribution in [0.5, 0.6) is 11.5 Å². The number of phenolic OH excluding ortho intramolecular Hbond substituents is 1. The Balaban J connectivity index is 1.68. The number of hydrogen-bond donors (Lipinski definition) is 4. The lowest BCUT2D eigenvalue weighted by atomic mass is 9.72. The summed E-state index contributed by atoms with van der Waals surface area (Å²) in [6, 6.07) is 2.55. The van der Waals surface area contributed by atoms with Crippen LogP contribution in [-0.2, 0) is 16.0 Å². The summed E-state index contributed by atoms with van der Waals surface area (Å²) in [5.41, 5.74) is -0.692. The van der Waals surface area contributed by atoms with Crippen molar-refractivity contribution in [2.45, 2.75) is 25.3 Å². The summed E-state index contributed by atoms with van der Waals surface area (Å²) in [6.45, 7) is 0.779. The van der Waals surface area contributed by atoms with Gasteiger partial charge in [-0.2, -0.15) is 0 Å². The molecule has 2 aliphatic rings. The van der Waals surface area contributed by atoms with Gasteiger partial charge in [0.05, 0.1) is 17.1 Å². The summed E-state index contributed by atoms with van der Waals surface area (Å²) in [5, 5.41) is 31.7. The number of nitrogens with zero attached hydrogens (tertiary/aromatic N) is 2. The average Bonchev–Trinajstić information content (AvgIpc) is 3.17. The maximum absolute atomic E-state index is 14.8. The molecule has 2 aromatic rings. The van der Waals surface area contributed by atoms with E-state index in [1.807, 2.05) is 0 Å². The minimum atomic E-state index is -1.90. The second-order valence-corrected chi connectivity index (χ2v) is 8.30. The number of halogens is 2. The molecule has 0 spiro atoms. The molecule has 2 heterocycles. The number of amides is 4. The van der Waals surface area contributed by atoms with Crippen molar-refractivity contribution in [1.82, 2.24) is 15.1 Å². The van der Waals surface area contributed by atoms with Gasteiger partial charge in [-0.15, -0.1) is 0 Å². The van der Waals surface area contributed by atoms with Crippen LogP contribution in [0.2, 0.25) is 0 Å². The predicted octanol–water partition coefficient (Wildman–Crippen LogP) is 0.833. The highest BCUT2D eigenvalue weighted by molar-refractivity contribution is 6.47. The van der Waals surface area contributed by atoms with Gasteiger partial charge in [-0.25, -0.2) is 18.4 Å². The third kappa shape index (κ3) is 4.42. The van der Waals surface area contributed by atoms with Crippen LogP contribution in [0, 0.1) is 11.6 Å². The number of phenols is 1. The number of hydrogen-bond acceptors (Lipinski definition) is 7. The van der Waals surface area contributed by atoms with Crippen LogP contribution in [0.15, 0.2) is 30.3 Å². The van der Waals surface area contributed by atoms with Crippen LogP contribution in [0.1, 0.15) is 34.5 Å². The van der Waals surface area contributed by atoms with E-state index in [9.17, 15) is 43.2 Å². The number of carboxylic acids is 1. The third-order valence-corrected chi connectivity index (χ3v) is 6.00. The monoisotopic (exact) mass is 503 g/mol. The molecule has 4 rings (SSSR count). The van der Waals surface area contributed by atoms with Crippen molar-refractivity contribution in [3.05, 3.63) is 58.7 Å². The molecule has 2 aliphatic heterocycles. The number of aromatic carboxylic acids is 1. The molecule has 1 unspecified atom stereocenters. The van der Waals surface area contributed by atoms with Crippen LogP contribution >= 0.6 is 0 Å². The average molecular weight is 503 g/mol. The Morgan fingerprint density at radius 1 is 1.19 bits per heavy atom. The molecule has 1 saturated heterocycles. The maximum atomic E-state index is 14.8. The Hall–Kier alpha value is -4.20. The lowest BCUT2D eigenvalue weighted by Gasteiger charge is -2.32. The van der Waals surface area contributed by atoms with E-state index in [-0.39, 0.29) is 30.8 Å². The Morgan fingerprint density at radius 3 is 2.44 bits per heavy atom. The van der Waals surface area contributed by atoms with Crippen LogP contribution < -0.4 is 9.97 Å². The van der Waals surface area contributed by atoms with Crippen LogP contribution in [0.25, 0.3) is 0 Å². The predicted molar refractivity (Wildman–Crippen MR) is 118 cm³/mol. The van der Waals surface area contributed by atoms with Crippen molar-refractivity contribution in [3.8, 4) is 11.5 Å². The first-order chi connectivity index (χ1) is 17.0. The van der Waals surface area contributed by atoms with Gasteiger partial charge in [-0.05, 0) is 18.1 Å². The number of carbonyl (C=O) groups excluding carboxylic acids is 3. The quantitative estimate of drug-likeness (QED) is 0.438. The molecule has 2 aromatic carbocycles. The van der Waals surface area contributed by atoms with E-state index in [0.29, 0.717) is 17.7 Å². The van der Waals surface area contributed by atoms with E-state index < -0.39 is 65.9 Å². The number of fused-ring (bicyclic) bond motifs is 1. The second-order valence-electron chi connectivity index (χ2n) is 8.30. The largest absolute Gasteiger partial charge is 0.547 e. The van der Waals surface area contributed by atoms with Gasteiger partial charge in [0.2, 0.25) is 11.8 Å². The van der Waals surface area contributed by atoms with Gasteiger partial charge in [-0.3, -0.25) is 14.5 Å². The molecule has 0 aromatic heterocycles. The Bertz CT molecular complexity index is 1250. The van der Waals surface area contributed by atoms with Crippen molar-refractivity contribution in [2.75, 3.05) is 13.1 Å². The summed E-state index contributed by atoms with van der Waals surface area (Å²) >= 11 is 0. The second kappa shape index (κ2) is 9.45. The molecular weight excluding hydrogens is 483 g/mol. The summed E-state index contributed by atoms with van der Waals surface area (Å²) < 4.78 is 34.9. The van der Waals surface area contributed by atoms with Crippen molar-refractivity contribution in [3.63, 3.8) is 0 Å². The Kier molecular flexibility index (Phi) is 6.54. The minimum absolute atomic E-state index is 0.0815. The van der Waals surface area contributed by atoms with Gasteiger partial charge in [-0.1, -0.05) is 12.1 Å². The molecule has 0 bridgehead atoms. The number of urea groups is 1. The molecule has 36 heavy (non-hydrogen) atoms. The number of benzene rings is 2. The summed E-state index contributed by atoms with van der Waals surface area (Å²) in [7, 11) is -1.72. The van der Waals surface area contributed by atoms with Crippen LogP contribution in [-0.4, -0.2) is 75.0 Å². The molecule has 0 saturated carbocycles.